The quantitative estimate of drug-likeness (QED) is 0.828. The molecule has 0 saturated carbocycles. The van der Waals surface area contributed by atoms with E-state index in [0.29, 0.717) is 13.1 Å². The summed E-state index contributed by atoms with van der Waals surface area (Å²) < 4.78 is 12.9. The van der Waals surface area contributed by atoms with Crippen molar-refractivity contribution in [2.45, 2.75) is 20.4 Å². The van der Waals surface area contributed by atoms with Gasteiger partial charge in [0.2, 0.25) is 0 Å². The molecule has 1 heterocycles. The van der Waals surface area contributed by atoms with Crippen molar-refractivity contribution >= 4 is 0 Å². The van der Waals surface area contributed by atoms with Crippen LogP contribution in [0.4, 0.5) is 4.39 Å². The van der Waals surface area contributed by atoms with Crippen LogP contribution in [-0.4, -0.2) is 30.0 Å². The van der Waals surface area contributed by atoms with Gasteiger partial charge >= 0.3 is 0 Å². The Labute approximate surface area is 96.5 Å². The maximum atomic E-state index is 12.9. The molecule has 0 bridgehead atoms. The molecule has 3 nitrogen and oxygen atoms in total. The van der Waals surface area contributed by atoms with Crippen LogP contribution < -0.4 is 5.73 Å². The van der Waals surface area contributed by atoms with Crippen LogP contribution in [0.2, 0.25) is 0 Å². The predicted octanol–water partition coefficient (Wildman–Crippen LogP) is 1.64. The Morgan fingerprint density at radius 2 is 2.12 bits per heavy atom. The van der Waals surface area contributed by atoms with Gasteiger partial charge in [0.1, 0.15) is 5.82 Å². The zero-order valence-electron chi connectivity index (χ0n) is 10.2. The third kappa shape index (κ3) is 4.24. The largest absolute Gasteiger partial charge is 0.330 e. The molecule has 0 aliphatic carbocycles. The Bertz CT molecular complexity index is 339. The number of nitrogens with two attached hydrogens (primary N) is 1. The highest BCUT2D eigenvalue weighted by Crippen LogP contribution is 2.15. The Kier molecular flexibility index (Phi) is 4.38. The van der Waals surface area contributed by atoms with Gasteiger partial charge in [-0.15, -0.1) is 0 Å². The van der Waals surface area contributed by atoms with Crippen LogP contribution >= 0.6 is 0 Å². The van der Waals surface area contributed by atoms with Gasteiger partial charge < -0.3 is 10.6 Å². The third-order valence-electron chi connectivity index (χ3n) is 2.46. The zero-order valence-corrected chi connectivity index (χ0v) is 10.2. The van der Waals surface area contributed by atoms with Gasteiger partial charge in [-0.05, 0) is 30.6 Å². The highest BCUT2D eigenvalue weighted by atomic mass is 19.1. The molecule has 1 rings (SSSR count). The number of halogens is 1. The topological polar surface area (TPSA) is 42.2 Å². The first kappa shape index (κ1) is 13.1. The van der Waals surface area contributed by atoms with Crippen LogP contribution in [0.3, 0.4) is 0 Å². The van der Waals surface area contributed by atoms with Crippen molar-refractivity contribution in [2.24, 2.45) is 11.1 Å². The Hall–Kier alpha value is -1.00. The minimum absolute atomic E-state index is 0.0789. The van der Waals surface area contributed by atoms with Gasteiger partial charge in [0, 0.05) is 19.3 Å². The van der Waals surface area contributed by atoms with Crippen molar-refractivity contribution in [2.75, 3.05) is 20.1 Å². The van der Waals surface area contributed by atoms with Crippen molar-refractivity contribution in [3.8, 4) is 0 Å². The van der Waals surface area contributed by atoms with E-state index in [1.165, 1.54) is 12.3 Å². The molecule has 0 unspecified atom stereocenters. The standard InChI is InChI=1S/C12H20FN3/c1-12(2,8-14)9-16(3)7-10-4-11(13)6-15-5-10/h4-6H,7-9,14H2,1-3H3. The normalized spacial score (nSPS) is 12.1. The third-order valence-corrected chi connectivity index (χ3v) is 2.46. The fourth-order valence-corrected chi connectivity index (χ4v) is 1.71. The molecule has 16 heavy (non-hydrogen) atoms. The molecule has 1 aromatic rings. The second-order valence-electron chi connectivity index (χ2n) is 5.05. The first-order chi connectivity index (χ1) is 7.43. The number of hydrogen-bond acceptors (Lipinski definition) is 3. The number of aromatic nitrogens is 1. The molecule has 0 fully saturated rings. The molecule has 0 aliphatic rings. The lowest BCUT2D eigenvalue weighted by Gasteiger charge is -2.28. The van der Waals surface area contributed by atoms with Crippen molar-refractivity contribution in [3.63, 3.8) is 0 Å². The highest BCUT2D eigenvalue weighted by Gasteiger charge is 2.18. The van der Waals surface area contributed by atoms with Crippen molar-refractivity contribution in [1.29, 1.82) is 0 Å². The lowest BCUT2D eigenvalue weighted by atomic mass is 9.93. The minimum Gasteiger partial charge on any atom is -0.330 e. The van der Waals surface area contributed by atoms with E-state index >= 15 is 0 Å². The summed E-state index contributed by atoms with van der Waals surface area (Å²) in [7, 11) is 2.00. The fourth-order valence-electron chi connectivity index (χ4n) is 1.71. The lowest BCUT2D eigenvalue weighted by molar-refractivity contribution is 0.209. The van der Waals surface area contributed by atoms with E-state index in [4.69, 9.17) is 5.73 Å². The Balaban J connectivity index is 2.55. The van der Waals surface area contributed by atoms with E-state index in [2.05, 4.69) is 23.7 Å². The fraction of sp³-hybridized carbons (Fsp3) is 0.583. The van der Waals surface area contributed by atoms with E-state index in [0.717, 1.165) is 12.1 Å². The summed E-state index contributed by atoms with van der Waals surface area (Å²) in [4.78, 5) is 5.96. The molecule has 0 atom stereocenters. The maximum Gasteiger partial charge on any atom is 0.141 e. The van der Waals surface area contributed by atoms with E-state index in [-0.39, 0.29) is 11.2 Å². The number of rotatable bonds is 5. The predicted molar refractivity (Wildman–Crippen MR) is 63.4 cm³/mol. The summed E-state index contributed by atoms with van der Waals surface area (Å²) in [5.74, 6) is -0.288. The molecular formula is C12H20FN3. The molecule has 0 aliphatic heterocycles. The molecule has 2 N–H and O–H groups in total. The molecule has 0 amide bonds. The van der Waals surface area contributed by atoms with Crippen LogP contribution in [0.5, 0.6) is 0 Å². The molecule has 0 radical (unpaired) electrons. The molecular weight excluding hydrogens is 205 g/mol. The Morgan fingerprint density at radius 3 is 2.69 bits per heavy atom. The van der Waals surface area contributed by atoms with Crippen LogP contribution in [0.25, 0.3) is 0 Å². The molecule has 0 saturated heterocycles. The van der Waals surface area contributed by atoms with E-state index < -0.39 is 0 Å². The molecule has 1 aromatic heterocycles. The monoisotopic (exact) mass is 225 g/mol. The number of pyridine rings is 1. The summed E-state index contributed by atoms with van der Waals surface area (Å²) in [5, 5.41) is 0. The van der Waals surface area contributed by atoms with Crippen molar-refractivity contribution in [3.05, 3.63) is 29.8 Å². The second-order valence-corrected chi connectivity index (χ2v) is 5.05. The van der Waals surface area contributed by atoms with Crippen LogP contribution in [0.15, 0.2) is 18.5 Å². The molecule has 90 valence electrons. The van der Waals surface area contributed by atoms with Gasteiger partial charge in [0.05, 0.1) is 6.20 Å². The zero-order chi connectivity index (χ0) is 12.2. The maximum absolute atomic E-state index is 12.9. The molecule has 0 spiro atoms. The second kappa shape index (κ2) is 5.37. The number of nitrogens with zero attached hydrogens (tertiary/aromatic N) is 2. The van der Waals surface area contributed by atoms with Crippen molar-refractivity contribution < 1.29 is 4.39 Å². The van der Waals surface area contributed by atoms with Crippen LogP contribution in [0, 0.1) is 11.2 Å². The molecule has 0 aromatic carbocycles. The van der Waals surface area contributed by atoms with E-state index in [9.17, 15) is 4.39 Å². The summed E-state index contributed by atoms with van der Waals surface area (Å²) in [5.41, 5.74) is 6.64. The average molecular weight is 225 g/mol. The summed E-state index contributed by atoms with van der Waals surface area (Å²) >= 11 is 0. The van der Waals surface area contributed by atoms with Crippen molar-refractivity contribution in [1.82, 2.24) is 9.88 Å². The summed E-state index contributed by atoms with van der Waals surface area (Å²) in [6.07, 6.45) is 2.91. The van der Waals surface area contributed by atoms with Gasteiger partial charge in [0.15, 0.2) is 0 Å². The van der Waals surface area contributed by atoms with Gasteiger partial charge in [-0.25, -0.2) is 4.39 Å². The average Bonchev–Trinajstić information content (AvgIpc) is 2.16. The number of hydrogen-bond donors (Lipinski definition) is 1. The van der Waals surface area contributed by atoms with E-state index in [1.807, 2.05) is 7.05 Å². The van der Waals surface area contributed by atoms with Gasteiger partial charge in [-0.2, -0.15) is 0 Å². The lowest BCUT2D eigenvalue weighted by Crippen LogP contribution is -2.36. The first-order valence-corrected chi connectivity index (χ1v) is 5.41. The summed E-state index contributed by atoms with van der Waals surface area (Å²) in [6, 6.07) is 1.51. The van der Waals surface area contributed by atoms with Crippen LogP contribution in [-0.2, 0) is 6.54 Å². The first-order valence-electron chi connectivity index (χ1n) is 5.41. The SMILES string of the molecule is CN(Cc1cncc(F)c1)CC(C)(C)CN. The molecule has 4 heteroatoms. The Morgan fingerprint density at radius 1 is 1.44 bits per heavy atom. The highest BCUT2D eigenvalue weighted by molar-refractivity contribution is 5.09. The van der Waals surface area contributed by atoms with Crippen LogP contribution in [0.1, 0.15) is 19.4 Å². The van der Waals surface area contributed by atoms with Gasteiger partial charge in [0.25, 0.3) is 0 Å². The van der Waals surface area contributed by atoms with Gasteiger partial charge in [-0.3, -0.25) is 4.98 Å². The minimum atomic E-state index is -0.288. The summed E-state index contributed by atoms with van der Waals surface area (Å²) in [6.45, 7) is 6.44. The van der Waals surface area contributed by atoms with E-state index in [1.54, 1.807) is 6.20 Å². The smallest absolute Gasteiger partial charge is 0.141 e. The van der Waals surface area contributed by atoms with Gasteiger partial charge in [-0.1, -0.05) is 13.8 Å².